The molecule has 0 fully saturated rings. The summed E-state index contributed by atoms with van der Waals surface area (Å²) >= 11 is 4.45. The largest absolute Gasteiger partial charge is 0.325 e. The second-order valence-corrected chi connectivity index (χ2v) is 11.2. The van der Waals surface area contributed by atoms with Crippen LogP contribution in [0, 0.1) is 5.92 Å². The number of rotatable bonds is 8. The van der Waals surface area contributed by atoms with Gasteiger partial charge in [0.2, 0.25) is 5.91 Å². The average Bonchev–Trinajstić information content (AvgIpc) is 2.98. The van der Waals surface area contributed by atoms with E-state index in [2.05, 4.69) is 29.4 Å². The Bertz CT molecular complexity index is 834. The Hall–Kier alpha value is -1.10. The molecule has 6 nitrogen and oxygen atoms in total. The molecule has 0 saturated carbocycles. The third-order valence-electron chi connectivity index (χ3n) is 2.80. The molecule has 0 atom stereocenters. The van der Waals surface area contributed by atoms with Gasteiger partial charge in [0, 0.05) is 17.7 Å². The Morgan fingerprint density at radius 1 is 1.24 bits per heavy atom. The summed E-state index contributed by atoms with van der Waals surface area (Å²) in [4.78, 5) is 12.2. The Labute approximate surface area is 160 Å². The summed E-state index contributed by atoms with van der Waals surface area (Å²) in [7, 11) is -3.30. The highest BCUT2D eigenvalue weighted by molar-refractivity contribution is 8.03. The summed E-state index contributed by atoms with van der Waals surface area (Å²) in [6.07, 6.45) is 1.13. The molecule has 0 aliphatic heterocycles. The van der Waals surface area contributed by atoms with Gasteiger partial charge in [-0.25, -0.2) is 8.42 Å². The number of amides is 1. The number of hydrogen-bond acceptors (Lipinski definition) is 8. The second kappa shape index (κ2) is 9.02. The number of sulfone groups is 1. The van der Waals surface area contributed by atoms with Crippen LogP contribution in [0.4, 0.5) is 5.69 Å². The molecule has 0 aliphatic rings. The molecule has 25 heavy (non-hydrogen) atoms. The van der Waals surface area contributed by atoms with Crippen LogP contribution in [0.1, 0.15) is 13.8 Å². The van der Waals surface area contributed by atoms with Crippen molar-refractivity contribution in [2.75, 3.05) is 23.1 Å². The maximum Gasteiger partial charge on any atom is 0.234 e. The number of anilines is 1. The summed E-state index contributed by atoms with van der Waals surface area (Å²) in [5, 5.41) is 10.9. The molecule has 0 unspecified atom stereocenters. The van der Waals surface area contributed by atoms with E-state index in [0.29, 0.717) is 11.6 Å². The van der Waals surface area contributed by atoms with Crippen molar-refractivity contribution in [2.24, 2.45) is 5.92 Å². The number of nitrogens with one attached hydrogen (secondary N) is 1. The van der Waals surface area contributed by atoms with Gasteiger partial charge < -0.3 is 5.32 Å². The quantitative estimate of drug-likeness (QED) is 0.658. The van der Waals surface area contributed by atoms with Gasteiger partial charge in [0.05, 0.1) is 10.6 Å². The maximum atomic E-state index is 12.0. The van der Waals surface area contributed by atoms with E-state index in [4.69, 9.17) is 0 Å². The van der Waals surface area contributed by atoms with Gasteiger partial charge in [-0.1, -0.05) is 54.8 Å². The monoisotopic (exact) mass is 417 g/mol. The van der Waals surface area contributed by atoms with E-state index in [9.17, 15) is 13.2 Å². The molecule has 136 valence electrons. The third kappa shape index (κ3) is 6.96. The number of carbonyl (C=O) groups is 1. The van der Waals surface area contributed by atoms with Crippen molar-refractivity contribution in [3.8, 4) is 0 Å². The van der Waals surface area contributed by atoms with Crippen molar-refractivity contribution in [3.05, 3.63) is 24.3 Å². The summed E-state index contributed by atoms with van der Waals surface area (Å²) in [6.45, 7) is 4.29. The van der Waals surface area contributed by atoms with E-state index in [0.717, 1.165) is 20.7 Å². The lowest BCUT2D eigenvalue weighted by molar-refractivity contribution is -0.113. The summed E-state index contributed by atoms with van der Waals surface area (Å²) in [6, 6.07) is 6.20. The van der Waals surface area contributed by atoms with Crippen LogP contribution in [0.25, 0.3) is 0 Å². The molecule has 0 aliphatic carbocycles. The number of benzene rings is 1. The zero-order valence-electron chi connectivity index (χ0n) is 14.1. The topological polar surface area (TPSA) is 89.0 Å². The minimum atomic E-state index is -3.30. The minimum Gasteiger partial charge on any atom is -0.325 e. The van der Waals surface area contributed by atoms with Crippen molar-refractivity contribution in [2.45, 2.75) is 27.4 Å². The highest BCUT2D eigenvalue weighted by Gasteiger charge is 2.11. The second-order valence-electron chi connectivity index (χ2n) is 5.68. The first-order chi connectivity index (χ1) is 11.7. The summed E-state index contributed by atoms with van der Waals surface area (Å²) in [5.41, 5.74) is 0.457. The Morgan fingerprint density at radius 3 is 2.56 bits per heavy atom. The lowest BCUT2D eigenvalue weighted by atomic mass is 10.3. The fraction of sp³-hybridized carbons (Fsp3) is 0.400. The van der Waals surface area contributed by atoms with Gasteiger partial charge in [-0.05, 0) is 24.1 Å². The van der Waals surface area contributed by atoms with E-state index in [1.165, 1.54) is 35.2 Å². The third-order valence-corrected chi connectivity index (χ3v) is 7.53. The van der Waals surface area contributed by atoms with Crippen LogP contribution in [-0.4, -0.2) is 42.3 Å². The number of carbonyl (C=O) groups excluding carboxylic acids is 1. The van der Waals surface area contributed by atoms with Gasteiger partial charge in [-0.15, -0.1) is 10.2 Å². The van der Waals surface area contributed by atoms with E-state index in [-0.39, 0.29) is 16.6 Å². The highest BCUT2D eigenvalue weighted by atomic mass is 32.2. The lowest BCUT2D eigenvalue weighted by Gasteiger charge is -2.06. The van der Waals surface area contributed by atoms with Gasteiger partial charge in [0.25, 0.3) is 0 Å². The van der Waals surface area contributed by atoms with E-state index in [1.54, 1.807) is 23.9 Å². The van der Waals surface area contributed by atoms with Crippen molar-refractivity contribution in [3.63, 3.8) is 0 Å². The molecule has 1 aromatic carbocycles. The first-order valence-corrected chi connectivity index (χ1v) is 12.1. The summed E-state index contributed by atoms with van der Waals surface area (Å²) < 4.78 is 24.7. The fourth-order valence-corrected chi connectivity index (χ4v) is 5.14. The maximum absolute atomic E-state index is 12.0. The molecule has 1 aromatic heterocycles. The molecular formula is C15H19N3O3S4. The molecule has 1 heterocycles. The van der Waals surface area contributed by atoms with Crippen LogP contribution in [0.3, 0.4) is 0 Å². The van der Waals surface area contributed by atoms with Gasteiger partial charge in [0.1, 0.15) is 0 Å². The predicted molar refractivity (Wildman–Crippen MR) is 104 cm³/mol. The van der Waals surface area contributed by atoms with Crippen molar-refractivity contribution < 1.29 is 13.2 Å². The first-order valence-electron chi connectivity index (χ1n) is 7.43. The molecule has 0 radical (unpaired) electrons. The van der Waals surface area contributed by atoms with Crippen LogP contribution < -0.4 is 5.32 Å². The van der Waals surface area contributed by atoms with E-state index >= 15 is 0 Å². The van der Waals surface area contributed by atoms with Gasteiger partial charge in [-0.2, -0.15) is 0 Å². The molecule has 0 saturated heterocycles. The molecule has 1 amide bonds. The normalized spacial score (nSPS) is 11.7. The standard InChI is InChI=1S/C15H19N3O3S4/c1-10(2)8-22-14-17-18-15(24-14)23-9-13(19)16-11-5-4-6-12(7-11)25(3,20)21/h4-7,10H,8-9H2,1-3H3,(H,16,19). The molecule has 10 heteroatoms. The number of nitrogens with zero attached hydrogens (tertiary/aromatic N) is 2. The van der Waals surface area contributed by atoms with Crippen molar-refractivity contribution in [1.82, 2.24) is 10.2 Å². The Kier molecular flexibility index (Phi) is 7.29. The number of aromatic nitrogens is 2. The minimum absolute atomic E-state index is 0.175. The predicted octanol–water partition coefficient (Wildman–Crippen LogP) is 3.42. The number of thioether (sulfide) groups is 2. The molecular weight excluding hydrogens is 398 g/mol. The molecule has 2 rings (SSSR count). The Balaban J connectivity index is 1.87. The average molecular weight is 418 g/mol. The van der Waals surface area contributed by atoms with Crippen molar-refractivity contribution in [1.29, 1.82) is 0 Å². The number of hydrogen-bond donors (Lipinski definition) is 1. The smallest absolute Gasteiger partial charge is 0.234 e. The first kappa shape index (κ1) is 20.2. The molecule has 0 spiro atoms. The fourth-order valence-electron chi connectivity index (χ4n) is 1.68. The van der Waals surface area contributed by atoms with Crippen LogP contribution in [0.5, 0.6) is 0 Å². The van der Waals surface area contributed by atoms with Crippen molar-refractivity contribution >= 4 is 56.3 Å². The lowest BCUT2D eigenvalue weighted by Crippen LogP contribution is -2.14. The van der Waals surface area contributed by atoms with Crippen LogP contribution in [0.15, 0.2) is 37.8 Å². The van der Waals surface area contributed by atoms with Crippen LogP contribution in [-0.2, 0) is 14.6 Å². The molecule has 1 N–H and O–H groups in total. The van der Waals surface area contributed by atoms with E-state index in [1.807, 2.05) is 0 Å². The SMILES string of the molecule is CC(C)CSc1nnc(SCC(=O)Nc2cccc(S(C)(=O)=O)c2)s1. The Morgan fingerprint density at radius 2 is 1.92 bits per heavy atom. The van der Waals surface area contributed by atoms with E-state index < -0.39 is 9.84 Å². The van der Waals surface area contributed by atoms with Gasteiger partial charge in [0.15, 0.2) is 18.5 Å². The molecule has 0 bridgehead atoms. The van der Waals surface area contributed by atoms with Crippen LogP contribution in [0.2, 0.25) is 0 Å². The zero-order chi connectivity index (χ0) is 18.4. The molecule has 2 aromatic rings. The van der Waals surface area contributed by atoms with Gasteiger partial charge >= 0.3 is 0 Å². The highest BCUT2D eigenvalue weighted by Crippen LogP contribution is 2.29. The summed E-state index contributed by atoms with van der Waals surface area (Å²) in [5.74, 6) is 1.53. The van der Waals surface area contributed by atoms with Crippen LogP contribution >= 0.6 is 34.9 Å². The zero-order valence-corrected chi connectivity index (χ0v) is 17.3. The van der Waals surface area contributed by atoms with Gasteiger partial charge in [-0.3, -0.25) is 4.79 Å².